The molecule has 3 heterocycles. The summed E-state index contributed by atoms with van der Waals surface area (Å²) in [5.74, 6) is 0.568. The molecule has 0 aliphatic carbocycles. The van der Waals surface area contributed by atoms with Crippen molar-refractivity contribution in [2.45, 2.75) is 33.4 Å². The molecule has 1 aliphatic heterocycles. The van der Waals surface area contributed by atoms with Crippen LogP contribution < -0.4 is 16.3 Å². The van der Waals surface area contributed by atoms with Gasteiger partial charge in [0.05, 0.1) is 18.3 Å². The zero-order chi connectivity index (χ0) is 20.2. The molecule has 0 N–H and O–H groups in total. The van der Waals surface area contributed by atoms with Crippen LogP contribution in [0.5, 0.6) is 0 Å². The predicted octanol–water partition coefficient (Wildman–Crippen LogP) is 2.38. The molecule has 0 saturated heterocycles. The molecule has 146 valence electrons. The Labute approximate surface area is 166 Å². The van der Waals surface area contributed by atoms with E-state index in [1.807, 2.05) is 43.5 Å². The number of halogens is 1. The smallest absolute Gasteiger partial charge is 0.294 e. The van der Waals surface area contributed by atoms with E-state index in [9.17, 15) is 9.59 Å². The number of anilines is 1. The van der Waals surface area contributed by atoms with Crippen LogP contribution in [-0.4, -0.2) is 30.9 Å². The molecule has 0 spiro atoms. The summed E-state index contributed by atoms with van der Waals surface area (Å²) in [4.78, 5) is 30.9. The molecule has 0 fully saturated rings. The molecular weight excluding hydrogens is 380 g/mol. The lowest BCUT2D eigenvalue weighted by Crippen LogP contribution is -2.40. The van der Waals surface area contributed by atoms with Crippen LogP contribution in [0.25, 0.3) is 11.2 Å². The second-order valence-electron chi connectivity index (χ2n) is 6.91. The fourth-order valence-corrected chi connectivity index (χ4v) is 3.73. The number of rotatable bonds is 3. The maximum absolute atomic E-state index is 13.4. The Kier molecular flexibility index (Phi) is 4.38. The van der Waals surface area contributed by atoms with Gasteiger partial charge in [0.15, 0.2) is 11.2 Å². The van der Waals surface area contributed by atoms with Gasteiger partial charge < -0.3 is 0 Å². The topological polar surface area (TPSA) is 77.4 Å². The predicted molar refractivity (Wildman–Crippen MR) is 111 cm³/mol. The molecule has 2 aromatic heterocycles. The van der Waals surface area contributed by atoms with Crippen LogP contribution in [0.4, 0.5) is 5.95 Å². The summed E-state index contributed by atoms with van der Waals surface area (Å²) in [5, 5.41) is 6.82. The van der Waals surface area contributed by atoms with Gasteiger partial charge in [-0.05, 0) is 32.4 Å². The average molecular weight is 401 g/mol. The molecule has 8 nitrogen and oxygen atoms in total. The molecule has 1 aromatic carbocycles. The highest BCUT2D eigenvalue weighted by atomic mass is 35.5. The van der Waals surface area contributed by atoms with Crippen molar-refractivity contribution in [2.75, 3.05) is 11.6 Å². The first-order valence-corrected chi connectivity index (χ1v) is 9.50. The van der Waals surface area contributed by atoms with Crippen molar-refractivity contribution in [1.82, 2.24) is 18.7 Å². The van der Waals surface area contributed by atoms with Gasteiger partial charge in [-0.3, -0.25) is 18.5 Å². The Bertz CT molecular complexity index is 1240. The van der Waals surface area contributed by atoms with Gasteiger partial charge in [0.25, 0.3) is 5.56 Å². The number of nitrogens with zero attached hydrogens (tertiary/aromatic N) is 6. The first-order chi connectivity index (χ1) is 13.3. The third kappa shape index (κ3) is 2.59. The van der Waals surface area contributed by atoms with Gasteiger partial charge >= 0.3 is 5.69 Å². The molecule has 1 atom stereocenters. The third-order valence-corrected chi connectivity index (χ3v) is 5.61. The minimum absolute atomic E-state index is 0.0978. The fourth-order valence-electron chi connectivity index (χ4n) is 3.53. The van der Waals surface area contributed by atoms with Gasteiger partial charge in [0.2, 0.25) is 5.95 Å². The molecular formula is C19H21ClN6O2. The van der Waals surface area contributed by atoms with E-state index >= 15 is 0 Å². The van der Waals surface area contributed by atoms with Crippen molar-refractivity contribution in [2.24, 2.45) is 12.1 Å². The van der Waals surface area contributed by atoms with E-state index in [-0.39, 0.29) is 18.1 Å². The van der Waals surface area contributed by atoms with Crippen molar-refractivity contribution in [1.29, 1.82) is 0 Å². The van der Waals surface area contributed by atoms with E-state index in [1.165, 1.54) is 9.13 Å². The highest BCUT2D eigenvalue weighted by Gasteiger charge is 2.30. The zero-order valence-corrected chi connectivity index (χ0v) is 16.9. The number of benzene rings is 1. The van der Waals surface area contributed by atoms with Crippen LogP contribution in [0, 0.1) is 0 Å². The van der Waals surface area contributed by atoms with E-state index in [1.54, 1.807) is 18.1 Å². The van der Waals surface area contributed by atoms with Crippen LogP contribution in [0.3, 0.4) is 0 Å². The van der Waals surface area contributed by atoms with Crippen LogP contribution in [0.2, 0.25) is 5.02 Å². The number of hydrogen-bond donors (Lipinski definition) is 0. The van der Waals surface area contributed by atoms with E-state index in [0.29, 0.717) is 34.2 Å². The van der Waals surface area contributed by atoms with Crippen LogP contribution in [0.1, 0.15) is 32.4 Å². The standard InChI is InChI=1S/C19H21ClN6O2/c1-5-25-18-21-16-15(26(18)12(3)11(2)22-25)17(27)24(19(28)23(16)4)10-13-8-6-7-9-14(13)20/h6-9,12H,5,10H2,1-4H3/t12-/m0/s1. The zero-order valence-electron chi connectivity index (χ0n) is 16.2. The summed E-state index contributed by atoms with van der Waals surface area (Å²) in [6.45, 7) is 6.56. The van der Waals surface area contributed by atoms with Gasteiger partial charge in [-0.2, -0.15) is 10.1 Å². The van der Waals surface area contributed by atoms with E-state index in [0.717, 1.165) is 5.71 Å². The molecule has 9 heteroatoms. The van der Waals surface area contributed by atoms with Crippen LogP contribution in [0.15, 0.2) is 39.0 Å². The van der Waals surface area contributed by atoms with Crippen molar-refractivity contribution < 1.29 is 0 Å². The highest BCUT2D eigenvalue weighted by Crippen LogP contribution is 2.29. The summed E-state index contributed by atoms with van der Waals surface area (Å²) in [6, 6.07) is 7.06. The van der Waals surface area contributed by atoms with Gasteiger partial charge in [-0.1, -0.05) is 29.8 Å². The lowest BCUT2D eigenvalue weighted by molar-refractivity contribution is 0.631. The Balaban J connectivity index is 2.02. The fraction of sp³-hybridized carbons (Fsp3) is 0.368. The first kappa shape index (κ1) is 18.5. The molecule has 0 amide bonds. The number of fused-ring (bicyclic) bond motifs is 3. The number of hydrogen-bond acceptors (Lipinski definition) is 5. The largest absolute Gasteiger partial charge is 0.332 e. The quantitative estimate of drug-likeness (QED) is 0.676. The van der Waals surface area contributed by atoms with E-state index < -0.39 is 5.69 Å². The second-order valence-corrected chi connectivity index (χ2v) is 7.32. The number of aromatic nitrogens is 4. The Morgan fingerprint density at radius 2 is 1.93 bits per heavy atom. The van der Waals surface area contributed by atoms with Crippen molar-refractivity contribution in [3.8, 4) is 0 Å². The van der Waals surface area contributed by atoms with E-state index in [2.05, 4.69) is 10.1 Å². The highest BCUT2D eigenvalue weighted by molar-refractivity contribution is 6.31. The summed E-state index contributed by atoms with van der Waals surface area (Å²) < 4.78 is 4.49. The molecule has 0 bridgehead atoms. The lowest BCUT2D eigenvalue weighted by atomic mass is 10.2. The normalized spacial score (nSPS) is 16.4. The number of hydrazone groups is 1. The van der Waals surface area contributed by atoms with Crippen LogP contribution >= 0.6 is 11.6 Å². The number of aryl methyl sites for hydroxylation is 1. The summed E-state index contributed by atoms with van der Waals surface area (Å²) >= 11 is 6.25. The van der Waals surface area contributed by atoms with E-state index in [4.69, 9.17) is 11.6 Å². The molecule has 3 aromatic rings. The maximum Gasteiger partial charge on any atom is 0.332 e. The van der Waals surface area contributed by atoms with Crippen LogP contribution in [-0.2, 0) is 13.6 Å². The van der Waals surface area contributed by atoms with Crippen molar-refractivity contribution in [3.05, 3.63) is 55.7 Å². The number of imidazole rings is 1. The summed E-state index contributed by atoms with van der Waals surface area (Å²) in [6.07, 6.45) is 0. The molecule has 28 heavy (non-hydrogen) atoms. The monoisotopic (exact) mass is 400 g/mol. The van der Waals surface area contributed by atoms with Crippen molar-refractivity contribution in [3.63, 3.8) is 0 Å². The minimum atomic E-state index is -0.429. The summed E-state index contributed by atoms with van der Waals surface area (Å²) in [7, 11) is 1.63. The second kappa shape index (κ2) is 6.63. The average Bonchev–Trinajstić information content (AvgIpc) is 3.09. The minimum Gasteiger partial charge on any atom is -0.294 e. The first-order valence-electron chi connectivity index (χ1n) is 9.13. The Hall–Kier alpha value is -2.87. The van der Waals surface area contributed by atoms with Gasteiger partial charge in [-0.15, -0.1) is 0 Å². The van der Waals surface area contributed by atoms with Crippen molar-refractivity contribution >= 4 is 34.4 Å². The Morgan fingerprint density at radius 1 is 1.21 bits per heavy atom. The molecule has 0 radical (unpaired) electrons. The van der Waals surface area contributed by atoms with Gasteiger partial charge in [-0.25, -0.2) is 9.80 Å². The SMILES string of the molecule is CCN1N=C(C)[C@H](C)n2c1nc1c2c(=O)n(Cc2ccccc2Cl)c(=O)n1C. The maximum atomic E-state index is 13.4. The Morgan fingerprint density at radius 3 is 2.61 bits per heavy atom. The third-order valence-electron chi connectivity index (χ3n) is 5.24. The summed E-state index contributed by atoms with van der Waals surface area (Å²) in [5.41, 5.74) is 1.53. The molecule has 1 aliphatic rings. The molecule has 0 saturated carbocycles. The van der Waals surface area contributed by atoms with Gasteiger partial charge in [0.1, 0.15) is 0 Å². The molecule has 0 unspecified atom stereocenters. The van der Waals surface area contributed by atoms with Gasteiger partial charge in [0, 0.05) is 18.6 Å². The molecule has 4 rings (SSSR count). The lowest BCUT2D eigenvalue weighted by Gasteiger charge is -2.28.